The van der Waals surface area contributed by atoms with Crippen molar-refractivity contribution in [2.75, 3.05) is 18.5 Å². The Morgan fingerprint density at radius 1 is 1.35 bits per heavy atom. The molecule has 1 unspecified atom stereocenters. The minimum Gasteiger partial charge on any atom is -0.361 e. The molecule has 1 atom stereocenters. The maximum atomic E-state index is 12.6. The van der Waals surface area contributed by atoms with Crippen LogP contribution in [0.3, 0.4) is 0 Å². The Labute approximate surface area is 134 Å². The van der Waals surface area contributed by atoms with Gasteiger partial charge in [0.25, 0.3) is 5.91 Å². The van der Waals surface area contributed by atoms with Crippen LogP contribution in [0.2, 0.25) is 0 Å². The quantitative estimate of drug-likeness (QED) is 0.824. The third-order valence-corrected chi connectivity index (χ3v) is 4.10. The third-order valence-electron chi connectivity index (χ3n) is 4.10. The SMILES string of the molecule is Cc1cc(CCCCN2C(=O)c3c(ncn3C)N(C)C2O)no1. The molecule has 0 aliphatic carbocycles. The lowest BCUT2D eigenvalue weighted by atomic mass is 10.1. The van der Waals surface area contributed by atoms with Crippen molar-refractivity contribution in [1.82, 2.24) is 19.6 Å². The molecule has 1 amide bonds. The van der Waals surface area contributed by atoms with E-state index in [1.165, 1.54) is 4.90 Å². The van der Waals surface area contributed by atoms with E-state index in [0.29, 0.717) is 18.1 Å². The van der Waals surface area contributed by atoms with E-state index < -0.39 is 6.35 Å². The second kappa shape index (κ2) is 6.04. The number of rotatable bonds is 5. The molecule has 0 aromatic carbocycles. The molecule has 124 valence electrons. The van der Waals surface area contributed by atoms with Gasteiger partial charge in [-0.2, -0.15) is 0 Å². The molecule has 0 saturated heterocycles. The van der Waals surface area contributed by atoms with Crippen molar-refractivity contribution in [3.63, 3.8) is 0 Å². The Hall–Kier alpha value is -2.35. The van der Waals surface area contributed by atoms with Gasteiger partial charge in [-0.1, -0.05) is 5.16 Å². The van der Waals surface area contributed by atoms with Crippen LogP contribution in [0.4, 0.5) is 5.82 Å². The normalized spacial score (nSPS) is 17.7. The van der Waals surface area contributed by atoms with Crippen LogP contribution in [0.5, 0.6) is 0 Å². The lowest BCUT2D eigenvalue weighted by molar-refractivity contribution is 0.00255. The molecule has 2 aromatic rings. The first-order chi connectivity index (χ1) is 11.0. The minimum atomic E-state index is -0.987. The summed E-state index contributed by atoms with van der Waals surface area (Å²) in [6, 6.07) is 1.91. The summed E-state index contributed by atoms with van der Waals surface area (Å²) in [4.78, 5) is 19.8. The van der Waals surface area contributed by atoms with Crippen molar-refractivity contribution in [1.29, 1.82) is 0 Å². The fraction of sp³-hybridized carbons (Fsp3) is 0.533. The van der Waals surface area contributed by atoms with Gasteiger partial charge in [-0.3, -0.25) is 9.69 Å². The summed E-state index contributed by atoms with van der Waals surface area (Å²) in [6.45, 7) is 2.34. The second-order valence-corrected chi connectivity index (χ2v) is 5.87. The van der Waals surface area contributed by atoms with E-state index in [-0.39, 0.29) is 5.91 Å². The Kier molecular flexibility index (Phi) is 4.08. The van der Waals surface area contributed by atoms with Crippen molar-refractivity contribution in [2.45, 2.75) is 32.5 Å². The van der Waals surface area contributed by atoms with Crippen molar-refractivity contribution < 1.29 is 14.4 Å². The van der Waals surface area contributed by atoms with E-state index in [1.807, 2.05) is 13.0 Å². The fourth-order valence-electron chi connectivity index (χ4n) is 2.82. The molecule has 0 bridgehead atoms. The zero-order chi connectivity index (χ0) is 16.6. The molecule has 3 rings (SSSR count). The summed E-state index contributed by atoms with van der Waals surface area (Å²) in [5.74, 6) is 1.12. The highest BCUT2D eigenvalue weighted by Crippen LogP contribution is 2.27. The first-order valence-electron chi connectivity index (χ1n) is 7.64. The van der Waals surface area contributed by atoms with Crippen molar-refractivity contribution in [3.8, 4) is 0 Å². The van der Waals surface area contributed by atoms with E-state index >= 15 is 0 Å². The number of amides is 1. The van der Waals surface area contributed by atoms with Crippen LogP contribution in [0.1, 0.15) is 34.8 Å². The Morgan fingerprint density at radius 2 is 2.13 bits per heavy atom. The zero-order valence-corrected chi connectivity index (χ0v) is 13.6. The second-order valence-electron chi connectivity index (χ2n) is 5.87. The van der Waals surface area contributed by atoms with Crippen LogP contribution in [-0.2, 0) is 13.5 Å². The third kappa shape index (κ3) is 2.81. The average Bonchev–Trinajstić information content (AvgIpc) is 3.10. The van der Waals surface area contributed by atoms with Crippen molar-refractivity contribution in [3.05, 3.63) is 29.5 Å². The van der Waals surface area contributed by atoms with Crippen LogP contribution >= 0.6 is 0 Å². The van der Waals surface area contributed by atoms with E-state index in [9.17, 15) is 9.90 Å². The number of nitrogens with zero attached hydrogens (tertiary/aromatic N) is 5. The van der Waals surface area contributed by atoms with Crippen LogP contribution in [-0.4, -0.2) is 50.6 Å². The number of carbonyl (C=O) groups is 1. The van der Waals surface area contributed by atoms with Gasteiger partial charge in [0.2, 0.25) is 6.35 Å². The van der Waals surface area contributed by atoms with Crippen molar-refractivity contribution in [2.24, 2.45) is 7.05 Å². The number of anilines is 1. The van der Waals surface area contributed by atoms with Crippen molar-refractivity contribution >= 4 is 11.7 Å². The summed E-state index contributed by atoms with van der Waals surface area (Å²) in [7, 11) is 3.51. The van der Waals surface area contributed by atoms with Crippen LogP contribution < -0.4 is 4.90 Å². The average molecular weight is 319 g/mol. The number of imidazole rings is 1. The van der Waals surface area contributed by atoms with E-state index in [1.54, 1.807) is 29.9 Å². The van der Waals surface area contributed by atoms with Gasteiger partial charge in [-0.15, -0.1) is 0 Å². The molecule has 1 N–H and O–H groups in total. The summed E-state index contributed by atoms with van der Waals surface area (Å²) in [5, 5.41) is 14.3. The topological polar surface area (TPSA) is 87.6 Å². The highest BCUT2D eigenvalue weighted by atomic mass is 16.5. The molecule has 1 aliphatic rings. The Morgan fingerprint density at radius 3 is 2.83 bits per heavy atom. The fourth-order valence-corrected chi connectivity index (χ4v) is 2.82. The highest BCUT2D eigenvalue weighted by molar-refractivity contribution is 5.99. The molecule has 8 heteroatoms. The van der Waals surface area contributed by atoms with Gasteiger partial charge in [0.15, 0.2) is 11.5 Å². The molecule has 0 fully saturated rings. The first kappa shape index (κ1) is 15.5. The lowest BCUT2D eigenvalue weighted by Crippen LogP contribution is -2.54. The maximum absolute atomic E-state index is 12.6. The van der Waals surface area contributed by atoms with Gasteiger partial charge < -0.3 is 19.1 Å². The molecule has 1 aliphatic heterocycles. The van der Waals surface area contributed by atoms with Gasteiger partial charge in [0.1, 0.15) is 5.76 Å². The zero-order valence-electron chi connectivity index (χ0n) is 13.6. The van der Waals surface area contributed by atoms with Gasteiger partial charge in [-0.05, 0) is 26.2 Å². The Bertz CT molecular complexity index is 708. The number of hydrogen-bond acceptors (Lipinski definition) is 6. The first-order valence-corrected chi connectivity index (χ1v) is 7.64. The number of fused-ring (bicyclic) bond motifs is 1. The summed E-state index contributed by atoms with van der Waals surface area (Å²) in [6.07, 6.45) is 3.03. The van der Waals surface area contributed by atoms with Gasteiger partial charge in [-0.25, -0.2) is 4.98 Å². The standard InChI is InChI=1S/C15H21N5O3/c1-10-8-11(17-23-10)6-4-5-7-20-14(21)12-13(16-9-18(12)2)19(3)15(20)22/h8-9,15,22H,4-7H2,1-3H3. The number of aromatic nitrogens is 3. The molecular weight excluding hydrogens is 298 g/mol. The smallest absolute Gasteiger partial charge is 0.277 e. The minimum absolute atomic E-state index is 0.192. The maximum Gasteiger partial charge on any atom is 0.277 e. The number of carbonyl (C=O) groups excluding carboxylic acids is 1. The predicted molar refractivity (Wildman–Crippen MR) is 82.8 cm³/mol. The molecular formula is C15H21N5O3. The predicted octanol–water partition coefficient (Wildman–Crippen LogP) is 0.907. The molecule has 0 spiro atoms. The number of aryl methyl sites for hydroxylation is 3. The number of aliphatic hydroxyl groups is 1. The van der Waals surface area contributed by atoms with Gasteiger partial charge in [0.05, 0.1) is 12.0 Å². The lowest BCUT2D eigenvalue weighted by Gasteiger charge is -2.38. The largest absolute Gasteiger partial charge is 0.361 e. The summed E-state index contributed by atoms with van der Waals surface area (Å²) in [5.41, 5.74) is 1.42. The molecule has 3 heterocycles. The van der Waals surface area contributed by atoms with Crippen LogP contribution in [0.15, 0.2) is 16.9 Å². The molecule has 0 radical (unpaired) electrons. The monoisotopic (exact) mass is 319 g/mol. The molecule has 8 nitrogen and oxygen atoms in total. The highest BCUT2D eigenvalue weighted by Gasteiger charge is 2.37. The summed E-state index contributed by atoms with van der Waals surface area (Å²) < 4.78 is 6.72. The summed E-state index contributed by atoms with van der Waals surface area (Å²) >= 11 is 0. The number of aliphatic hydroxyl groups excluding tert-OH is 1. The van der Waals surface area contributed by atoms with Crippen LogP contribution in [0, 0.1) is 6.92 Å². The number of unbranched alkanes of at least 4 members (excludes halogenated alkanes) is 1. The van der Waals surface area contributed by atoms with E-state index in [2.05, 4.69) is 10.1 Å². The Balaban J connectivity index is 1.61. The van der Waals surface area contributed by atoms with Gasteiger partial charge in [0, 0.05) is 26.7 Å². The van der Waals surface area contributed by atoms with E-state index in [0.717, 1.165) is 30.7 Å². The number of hydrogen-bond donors (Lipinski definition) is 1. The van der Waals surface area contributed by atoms with E-state index in [4.69, 9.17) is 4.52 Å². The molecule has 23 heavy (non-hydrogen) atoms. The van der Waals surface area contributed by atoms with Crippen LogP contribution in [0.25, 0.3) is 0 Å². The van der Waals surface area contributed by atoms with Gasteiger partial charge >= 0.3 is 0 Å². The molecule has 0 saturated carbocycles. The molecule has 2 aromatic heterocycles.